The standard InChI is InChI=1S/C14H17ClN2O2S/c1-9(20-2)13(18)16-12-7-8-17(14(12)19)11-5-3-10(15)4-6-11/h3-6,9,12H,7-8H2,1-2H3,(H,16,18). The molecule has 20 heavy (non-hydrogen) atoms. The minimum Gasteiger partial charge on any atom is -0.343 e. The van der Waals surface area contributed by atoms with E-state index >= 15 is 0 Å². The van der Waals surface area contributed by atoms with Crippen LogP contribution in [0, 0.1) is 0 Å². The van der Waals surface area contributed by atoms with Gasteiger partial charge in [0, 0.05) is 17.3 Å². The van der Waals surface area contributed by atoms with Gasteiger partial charge in [0.25, 0.3) is 0 Å². The number of benzene rings is 1. The van der Waals surface area contributed by atoms with Crippen molar-refractivity contribution in [1.29, 1.82) is 0 Å². The molecule has 4 nitrogen and oxygen atoms in total. The third-order valence-corrected chi connectivity index (χ3v) is 4.56. The highest BCUT2D eigenvalue weighted by atomic mass is 35.5. The average molecular weight is 313 g/mol. The number of carbonyl (C=O) groups excluding carboxylic acids is 2. The molecule has 1 aliphatic rings. The molecule has 0 aliphatic carbocycles. The Hall–Kier alpha value is -1.20. The summed E-state index contributed by atoms with van der Waals surface area (Å²) in [7, 11) is 0. The van der Waals surface area contributed by atoms with Crippen molar-refractivity contribution < 1.29 is 9.59 Å². The Morgan fingerprint density at radius 2 is 2.10 bits per heavy atom. The molecule has 0 spiro atoms. The lowest BCUT2D eigenvalue weighted by atomic mass is 10.2. The summed E-state index contributed by atoms with van der Waals surface area (Å²) in [6.45, 7) is 2.44. The fourth-order valence-electron chi connectivity index (χ4n) is 2.09. The molecule has 1 heterocycles. The second-order valence-electron chi connectivity index (χ2n) is 4.69. The van der Waals surface area contributed by atoms with Crippen molar-refractivity contribution in [3.63, 3.8) is 0 Å². The topological polar surface area (TPSA) is 49.4 Å². The zero-order chi connectivity index (χ0) is 14.7. The number of halogens is 1. The van der Waals surface area contributed by atoms with Crippen LogP contribution in [-0.2, 0) is 9.59 Å². The first-order chi connectivity index (χ1) is 9.52. The summed E-state index contributed by atoms with van der Waals surface area (Å²) in [6, 6.07) is 6.72. The van der Waals surface area contributed by atoms with Crippen molar-refractivity contribution in [3.05, 3.63) is 29.3 Å². The smallest absolute Gasteiger partial charge is 0.249 e. The molecule has 2 unspecified atom stereocenters. The van der Waals surface area contributed by atoms with Gasteiger partial charge < -0.3 is 10.2 Å². The molecule has 0 bridgehead atoms. The molecule has 0 radical (unpaired) electrons. The fraction of sp³-hybridized carbons (Fsp3) is 0.429. The van der Waals surface area contributed by atoms with E-state index in [1.165, 1.54) is 11.8 Å². The second-order valence-corrected chi connectivity index (χ2v) is 6.31. The van der Waals surface area contributed by atoms with E-state index in [0.29, 0.717) is 18.0 Å². The first kappa shape index (κ1) is 15.2. The Kier molecular flexibility index (Phi) is 4.94. The molecule has 108 valence electrons. The van der Waals surface area contributed by atoms with Gasteiger partial charge in [0.2, 0.25) is 11.8 Å². The molecule has 1 fully saturated rings. The molecule has 0 saturated carbocycles. The van der Waals surface area contributed by atoms with Crippen LogP contribution in [0.15, 0.2) is 24.3 Å². The minimum absolute atomic E-state index is 0.0611. The number of hydrogen-bond acceptors (Lipinski definition) is 3. The van der Waals surface area contributed by atoms with Gasteiger partial charge in [0.05, 0.1) is 5.25 Å². The number of thioether (sulfide) groups is 1. The maximum absolute atomic E-state index is 12.3. The van der Waals surface area contributed by atoms with Crippen molar-refractivity contribution >= 4 is 40.9 Å². The summed E-state index contributed by atoms with van der Waals surface area (Å²) in [5, 5.41) is 3.31. The maximum Gasteiger partial charge on any atom is 0.249 e. The van der Waals surface area contributed by atoms with Crippen molar-refractivity contribution in [2.75, 3.05) is 17.7 Å². The van der Waals surface area contributed by atoms with Gasteiger partial charge in [-0.25, -0.2) is 0 Å². The van der Waals surface area contributed by atoms with Crippen LogP contribution in [0.4, 0.5) is 5.69 Å². The SMILES string of the molecule is CSC(C)C(=O)NC1CCN(c2ccc(Cl)cc2)C1=O. The number of amides is 2. The summed E-state index contributed by atoms with van der Waals surface area (Å²) < 4.78 is 0. The van der Waals surface area contributed by atoms with E-state index in [1.807, 2.05) is 25.3 Å². The van der Waals surface area contributed by atoms with Crippen molar-refractivity contribution in [2.45, 2.75) is 24.6 Å². The molecule has 1 aromatic rings. The van der Waals surface area contributed by atoms with Gasteiger partial charge in [-0.05, 0) is 43.9 Å². The van der Waals surface area contributed by atoms with E-state index in [9.17, 15) is 9.59 Å². The van der Waals surface area contributed by atoms with Crippen LogP contribution in [0.3, 0.4) is 0 Å². The first-order valence-electron chi connectivity index (χ1n) is 6.43. The van der Waals surface area contributed by atoms with E-state index in [2.05, 4.69) is 5.32 Å². The highest BCUT2D eigenvalue weighted by Crippen LogP contribution is 2.23. The Morgan fingerprint density at radius 1 is 1.45 bits per heavy atom. The van der Waals surface area contributed by atoms with Crippen LogP contribution in [-0.4, -0.2) is 35.9 Å². The molecule has 0 aromatic heterocycles. The third-order valence-electron chi connectivity index (χ3n) is 3.38. The number of rotatable bonds is 4. The van der Waals surface area contributed by atoms with Gasteiger partial charge in [-0.2, -0.15) is 11.8 Å². The zero-order valence-electron chi connectivity index (χ0n) is 11.4. The van der Waals surface area contributed by atoms with E-state index < -0.39 is 6.04 Å². The summed E-state index contributed by atoms with van der Waals surface area (Å²) in [5.41, 5.74) is 0.814. The van der Waals surface area contributed by atoms with Gasteiger partial charge in [-0.15, -0.1) is 0 Å². The number of nitrogens with one attached hydrogen (secondary N) is 1. The number of carbonyl (C=O) groups is 2. The molecular weight excluding hydrogens is 296 g/mol. The largest absolute Gasteiger partial charge is 0.343 e. The quantitative estimate of drug-likeness (QED) is 0.928. The molecule has 2 rings (SSSR count). The van der Waals surface area contributed by atoms with E-state index in [4.69, 9.17) is 11.6 Å². The van der Waals surface area contributed by atoms with Crippen LogP contribution >= 0.6 is 23.4 Å². The lowest BCUT2D eigenvalue weighted by molar-refractivity contribution is -0.125. The highest BCUT2D eigenvalue weighted by Gasteiger charge is 2.34. The molecule has 1 N–H and O–H groups in total. The highest BCUT2D eigenvalue weighted by molar-refractivity contribution is 7.99. The van der Waals surface area contributed by atoms with E-state index in [1.54, 1.807) is 17.0 Å². The van der Waals surface area contributed by atoms with Crippen LogP contribution in [0.5, 0.6) is 0 Å². The van der Waals surface area contributed by atoms with Gasteiger partial charge in [0.15, 0.2) is 0 Å². The maximum atomic E-state index is 12.3. The molecular formula is C14H17ClN2O2S. The monoisotopic (exact) mass is 312 g/mol. The normalized spacial score (nSPS) is 20.1. The lowest BCUT2D eigenvalue weighted by Gasteiger charge is -2.18. The van der Waals surface area contributed by atoms with E-state index in [0.717, 1.165) is 5.69 Å². The van der Waals surface area contributed by atoms with Gasteiger partial charge >= 0.3 is 0 Å². The van der Waals surface area contributed by atoms with Crippen molar-refractivity contribution in [1.82, 2.24) is 5.32 Å². The van der Waals surface area contributed by atoms with Gasteiger partial charge in [-0.3, -0.25) is 9.59 Å². The van der Waals surface area contributed by atoms with Crippen LogP contribution in [0.25, 0.3) is 0 Å². The Bertz CT molecular complexity index is 506. The predicted octanol–water partition coefficient (Wildman–Crippen LogP) is 2.31. The van der Waals surface area contributed by atoms with Crippen LogP contribution < -0.4 is 10.2 Å². The molecule has 1 aliphatic heterocycles. The fourth-order valence-corrected chi connectivity index (χ4v) is 2.50. The van der Waals surface area contributed by atoms with Crippen molar-refractivity contribution in [3.8, 4) is 0 Å². The number of anilines is 1. The second kappa shape index (κ2) is 6.50. The number of nitrogens with zero attached hydrogens (tertiary/aromatic N) is 1. The van der Waals surface area contributed by atoms with Gasteiger partial charge in [0.1, 0.15) is 6.04 Å². The van der Waals surface area contributed by atoms with Crippen LogP contribution in [0.1, 0.15) is 13.3 Å². The minimum atomic E-state index is -0.423. The zero-order valence-corrected chi connectivity index (χ0v) is 13.0. The van der Waals surface area contributed by atoms with Crippen LogP contribution in [0.2, 0.25) is 5.02 Å². The molecule has 1 saturated heterocycles. The first-order valence-corrected chi connectivity index (χ1v) is 8.09. The third kappa shape index (κ3) is 3.27. The summed E-state index contributed by atoms with van der Waals surface area (Å²) in [4.78, 5) is 25.8. The molecule has 2 amide bonds. The predicted molar refractivity (Wildman–Crippen MR) is 83.3 cm³/mol. The Labute approximate surface area is 127 Å². The molecule has 2 atom stereocenters. The average Bonchev–Trinajstić information content (AvgIpc) is 2.80. The summed E-state index contributed by atoms with van der Waals surface area (Å²) in [5.74, 6) is -0.150. The number of hydrogen-bond donors (Lipinski definition) is 1. The summed E-state index contributed by atoms with van der Waals surface area (Å²) >= 11 is 7.30. The lowest BCUT2D eigenvalue weighted by Crippen LogP contribution is -2.44. The Balaban J connectivity index is 2.02. The summed E-state index contributed by atoms with van der Waals surface area (Å²) in [6.07, 6.45) is 2.51. The van der Waals surface area contributed by atoms with Gasteiger partial charge in [-0.1, -0.05) is 11.6 Å². The molecule has 6 heteroatoms. The Morgan fingerprint density at radius 3 is 2.70 bits per heavy atom. The molecule has 1 aromatic carbocycles. The van der Waals surface area contributed by atoms with Crippen molar-refractivity contribution in [2.24, 2.45) is 0 Å². The van der Waals surface area contributed by atoms with E-state index in [-0.39, 0.29) is 17.1 Å².